The first kappa shape index (κ1) is 24.2. The molecule has 0 spiro atoms. The van der Waals surface area contributed by atoms with Gasteiger partial charge >= 0.3 is 0 Å². The van der Waals surface area contributed by atoms with Gasteiger partial charge in [-0.1, -0.05) is 55.2 Å². The van der Waals surface area contributed by atoms with Crippen molar-refractivity contribution in [1.82, 2.24) is 4.90 Å². The molecule has 2 aromatic rings. The van der Waals surface area contributed by atoms with Crippen LogP contribution in [0.15, 0.2) is 66.1 Å². The highest BCUT2D eigenvalue weighted by Crippen LogP contribution is 2.30. The van der Waals surface area contributed by atoms with E-state index in [4.69, 9.17) is 4.74 Å². The van der Waals surface area contributed by atoms with Crippen LogP contribution in [0.25, 0.3) is 5.57 Å². The van der Waals surface area contributed by atoms with Crippen molar-refractivity contribution in [3.8, 4) is 17.6 Å². The standard InChI is InChI=1S/C29H35NOS/c1-5-30(17-8-6-7-16-29(2,3)4)21-24-11-10-14-28(20-24)31-22-25-12-9-13-26(19-25)27-15-18-32-23-27/h6,8-14,19-20,23H,5,15,17-18,21-22H2,1-4H3. The number of nitrogens with zero attached hydrogens (tertiary/aromatic N) is 1. The summed E-state index contributed by atoms with van der Waals surface area (Å²) in [5, 5.41) is 2.29. The van der Waals surface area contributed by atoms with Crippen LogP contribution < -0.4 is 4.74 Å². The minimum atomic E-state index is 0.0450. The summed E-state index contributed by atoms with van der Waals surface area (Å²) in [4.78, 5) is 2.39. The van der Waals surface area contributed by atoms with Crippen molar-refractivity contribution in [2.24, 2.45) is 5.41 Å². The van der Waals surface area contributed by atoms with Gasteiger partial charge in [0.1, 0.15) is 12.4 Å². The third kappa shape index (κ3) is 8.26. The van der Waals surface area contributed by atoms with E-state index >= 15 is 0 Å². The smallest absolute Gasteiger partial charge is 0.120 e. The van der Waals surface area contributed by atoms with E-state index in [1.807, 2.05) is 23.9 Å². The zero-order valence-corrected chi connectivity index (χ0v) is 20.7. The summed E-state index contributed by atoms with van der Waals surface area (Å²) in [6, 6.07) is 17.2. The molecule has 0 fully saturated rings. The van der Waals surface area contributed by atoms with Gasteiger partial charge < -0.3 is 4.74 Å². The van der Waals surface area contributed by atoms with Crippen molar-refractivity contribution in [3.05, 3.63) is 82.8 Å². The molecule has 2 nitrogen and oxygen atoms in total. The Bertz CT molecular complexity index is 1000. The molecule has 168 valence electrons. The molecule has 0 N–H and O–H groups in total. The van der Waals surface area contributed by atoms with Crippen LogP contribution in [-0.4, -0.2) is 23.7 Å². The van der Waals surface area contributed by atoms with Gasteiger partial charge in [0.2, 0.25) is 0 Å². The van der Waals surface area contributed by atoms with Crippen molar-refractivity contribution in [2.45, 2.75) is 47.3 Å². The number of likely N-dealkylation sites (N-methyl/N-ethyl adjacent to an activating group) is 1. The zero-order chi connectivity index (χ0) is 22.8. The van der Waals surface area contributed by atoms with Gasteiger partial charge in [0.05, 0.1) is 0 Å². The average molecular weight is 446 g/mol. The number of benzene rings is 2. The zero-order valence-electron chi connectivity index (χ0n) is 19.9. The molecule has 1 aliphatic heterocycles. The Hall–Kier alpha value is -2.41. The van der Waals surface area contributed by atoms with Crippen LogP contribution in [0.5, 0.6) is 5.75 Å². The predicted molar refractivity (Wildman–Crippen MR) is 140 cm³/mol. The van der Waals surface area contributed by atoms with Gasteiger partial charge in [-0.05, 0) is 85.7 Å². The molecular formula is C29H35NOS. The summed E-state index contributed by atoms with van der Waals surface area (Å²) in [5.41, 5.74) is 5.28. The van der Waals surface area contributed by atoms with Gasteiger partial charge in [-0.15, -0.1) is 11.8 Å². The lowest BCUT2D eigenvalue weighted by atomic mass is 9.98. The van der Waals surface area contributed by atoms with Crippen LogP contribution >= 0.6 is 11.8 Å². The lowest BCUT2D eigenvalue weighted by Gasteiger charge is -2.19. The van der Waals surface area contributed by atoms with Crippen LogP contribution in [0.4, 0.5) is 0 Å². The second-order valence-corrected chi connectivity index (χ2v) is 10.1. The molecule has 0 aliphatic carbocycles. The first-order valence-electron chi connectivity index (χ1n) is 11.4. The van der Waals surface area contributed by atoms with E-state index in [1.165, 1.54) is 28.0 Å². The Labute approximate surface area is 198 Å². The molecule has 3 rings (SSSR count). The average Bonchev–Trinajstić information content (AvgIpc) is 3.31. The van der Waals surface area contributed by atoms with Gasteiger partial charge in [-0.25, -0.2) is 0 Å². The fraction of sp³-hybridized carbons (Fsp3) is 0.379. The van der Waals surface area contributed by atoms with E-state index in [9.17, 15) is 0 Å². The molecule has 0 bridgehead atoms. The lowest BCUT2D eigenvalue weighted by molar-refractivity contribution is 0.299. The van der Waals surface area contributed by atoms with Gasteiger partial charge in [0, 0.05) is 24.3 Å². The fourth-order valence-electron chi connectivity index (χ4n) is 3.44. The van der Waals surface area contributed by atoms with E-state index in [-0.39, 0.29) is 5.41 Å². The Kier molecular flexibility index (Phi) is 9.09. The van der Waals surface area contributed by atoms with E-state index in [0.717, 1.165) is 31.8 Å². The maximum atomic E-state index is 6.14. The first-order valence-corrected chi connectivity index (χ1v) is 12.5. The molecule has 1 aliphatic rings. The third-order valence-electron chi connectivity index (χ3n) is 5.18. The van der Waals surface area contributed by atoms with Crippen molar-refractivity contribution in [2.75, 3.05) is 18.8 Å². The quantitative estimate of drug-likeness (QED) is 0.380. The van der Waals surface area contributed by atoms with Crippen LogP contribution in [0.1, 0.15) is 50.8 Å². The molecule has 0 amide bonds. The monoisotopic (exact) mass is 445 g/mol. The van der Waals surface area contributed by atoms with Gasteiger partial charge in [-0.2, -0.15) is 0 Å². The highest BCUT2D eigenvalue weighted by atomic mass is 32.2. The van der Waals surface area contributed by atoms with Crippen LogP contribution in [0, 0.1) is 17.3 Å². The lowest BCUT2D eigenvalue weighted by Crippen LogP contribution is -2.22. The Morgan fingerprint density at radius 2 is 1.91 bits per heavy atom. The molecule has 0 atom stereocenters. The molecular weight excluding hydrogens is 410 g/mol. The summed E-state index contributed by atoms with van der Waals surface area (Å²) < 4.78 is 6.14. The number of hydrogen-bond donors (Lipinski definition) is 0. The number of allylic oxidation sites excluding steroid dienone is 2. The topological polar surface area (TPSA) is 12.5 Å². The van der Waals surface area contributed by atoms with Crippen molar-refractivity contribution in [1.29, 1.82) is 0 Å². The highest BCUT2D eigenvalue weighted by molar-refractivity contribution is 8.02. The normalized spacial score (nSPS) is 13.8. The van der Waals surface area contributed by atoms with Crippen LogP contribution in [0.2, 0.25) is 0 Å². The largest absolute Gasteiger partial charge is 0.489 e. The minimum absolute atomic E-state index is 0.0450. The van der Waals surface area contributed by atoms with Gasteiger partial charge in [-0.3, -0.25) is 4.90 Å². The second-order valence-electron chi connectivity index (χ2n) is 9.15. The molecule has 0 aromatic heterocycles. The maximum absolute atomic E-state index is 6.14. The van der Waals surface area contributed by atoms with Gasteiger partial charge in [0.25, 0.3) is 0 Å². The summed E-state index contributed by atoms with van der Waals surface area (Å²) >= 11 is 1.90. The Balaban J connectivity index is 1.55. The Morgan fingerprint density at radius 3 is 2.66 bits per heavy atom. The number of ether oxygens (including phenoxy) is 1. The molecule has 0 unspecified atom stereocenters. The molecule has 2 aromatic carbocycles. The molecule has 3 heteroatoms. The summed E-state index contributed by atoms with van der Waals surface area (Å²) in [6.45, 7) is 11.9. The van der Waals surface area contributed by atoms with Crippen molar-refractivity contribution in [3.63, 3.8) is 0 Å². The van der Waals surface area contributed by atoms with E-state index in [1.54, 1.807) is 0 Å². The Morgan fingerprint density at radius 1 is 1.09 bits per heavy atom. The number of hydrogen-bond acceptors (Lipinski definition) is 3. The maximum Gasteiger partial charge on any atom is 0.120 e. The summed E-state index contributed by atoms with van der Waals surface area (Å²) in [7, 11) is 0. The third-order valence-corrected chi connectivity index (χ3v) is 6.07. The van der Waals surface area contributed by atoms with Crippen LogP contribution in [-0.2, 0) is 13.2 Å². The van der Waals surface area contributed by atoms with E-state index in [0.29, 0.717) is 6.61 Å². The van der Waals surface area contributed by atoms with Crippen molar-refractivity contribution >= 4 is 17.3 Å². The fourth-order valence-corrected chi connectivity index (χ4v) is 4.35. The highest BCUT2D eigenvalue weighted by Gasteiger charge is 2.09. The predicted octanol–water partition coefficient (Wildman–Crippen LogP) is 7.17. The summed E-state index contributed by atoms with van der Waals surface area (Å²) in [5.74, 6) is 8.51. The molecule has 0 saturated heterocycles. The molecule has 0 saturated carbocycles. The van der Waals surface area contributed by atoms with E-state index in [2.05, 4.69) is 98.4 Å². The van der Waals surface area contributed by atoms with Crippen LogP contribution in [0.3, 0.4) is 0 Å². The second kappa shape index (κ2) is 12.0. The van der Waals surface area contributed by atoms with E-state index < -0.39 is 0 Å². The van der Waals surface area contributed by atoms with Crippen molar-refractivity contribution < 1.29 is 4.74 Å². The SMILES string of the molecule is CCN(CC=CC#CC(C)(C)C)Cc1cccc(OCc2cccc(C3=CSCC3)c2)c1. The molecule has 32 heavy (non-hydrogen) atoms. The summed E-state index contributed by atoms with van der Waals surface area (Å²) in [6.07, 6.45) is 5.28. The number of rotatable bonds is 9. The molecule has 0 radical (unpaired) electrons. The number of thioether (sulfide) groups is 1. The van der Waals surface area contributed by atoms with Gasteiger partial charge in [0.15, 0.2) is 0 Å². The minimum Gasteiger partial charge on any atom is -0.489 e. The molecule has 1 heterocycles. The first-order chi connectivity index (χ1) is 15.4.